The molecule has 0 N–H and O–H groups in total. The average molecular weight is 366 g/mol. The number of carbonyl (C=O) groups excluding carboxylic acids is 2. The third-order valence-electron chi connectivity index (χ3n) is 5.08. The zero-order chi connectivity index (χ0) is 19.2. The van der Waals surface area contributed by atoms with Crippen molar-refractivity contribution in [1.29, 1.82) is 0 Å². The topological polar surface area (TPSA) is 49.9 Å². The minimum absolute atomic E-state index is 0.00874. The molecule has 0 aromatic heterocycles. The van der Waals surface area contributed by atoms with Crippen LogP contribution >= 0.6 is 0 Å². The molecule has 3 rings (SSSR count). The largest absolute Gasteiger partial charge is 0.497 e. The Morgan fingerprint density at radius 1 is 1.07 bits per heavy atom. The van der Waals surface area contributed by atoms with E-state index >= 15 is 0 Å². The van der Waals surface area contributed by atoms with Gasteiger partial charge >= 0.3 is 0 Å². The van der Waals surface area contributed by atoms with E-state index in [1.807, 2.05) is 41.3 Å². The second kappa shape index (κ2) is 8.71. The predicted molar refractivity (Wildman–Crippen MR) is 105 cm³/mol. The van der Waals surface area contributed by atoms with Crippen molar-refractivity contribution >= 4 is 11.8 Å². The molecule has 2 amide bonds. The lowest BCUT2D eigenvalue weighted by molar-refractivity contribution is -0.140. The lowest BCUT2D eigenvalue weighted by atomic mass is 10.00. The number of nitrogens with zero attached hydrogens (tertiary/aromatic N) is 2. The first-order chi connectivity index (χ1) is 13.1. The van der Waals surface area contributed by atoms with Gasteiger partial charge in [-0.25, -0.2) is 0 Å². The Balaban J connectivity index is 1.57. The normalized spacial score (nSPS) is 13.0. The first-order valence-electron chi connectivity index (χ1n) is 9.30. The van der Waals surface area contributed by atoms with Gasteiger partial charge in [0.05, 0.1) is 13.7 Å². The third kappa shape index (κ3) is 4.88. The third-order valence-corrected chi connectivity index (χ3v) is 5.08. The summed E-state index contributed by atoms with van der Waals surface area (Å²) in [5.74, 6) is 0.742. The summed E-state index contributed by atoms with van der Waals surface area (Å²) in [7, 11) is 1.64. The summed E-state index contributed by atoms with van der Waals surface area (Å²) in [5, 5.41) is 0. The average Bonchev–Trinajstić information content (AvgIpc) is 2.70. The molecule has 0 radical (unpaired) electrons. The standard InChI is InChI=1S/C22H26N2O3/c1-17(25)23(13-11-18-7-9-21(27-2)10-8-18)16-22(26)24-14-12-19-5-3-4-6-20(19)15-24/h3-10H,11-16H2,1-2H3. The Kier molecular flexibility index (Phi) is 6.12. The summed E-state index contributed by atoms with van der Waals surface area (Å²) >= 11 is 0. The number of hydrogen-bond acceptors (Lipinski definition) is 3. The van der Waals surface area contributed by atoms with Crippen LogP contribution in [0.2, 0.25) is 0 Å². The SMILES string of the molecule is COc1ccc(CCN(CC(=O)N2CCc3ccccc3C2)C(C)=O)cc1. The molecule has 0 fully saturated rings. The van der Waals surface area contributed by atoms with E-state index in [0.29, 0.717) is 26.1 Å². The highest BCUT2D eigenvalue weighted by Crippen LogP contribution is 2.19. The first-order valence-corrected chi connectivity index (χ1v) is 9.30. The molecule has 142 valence electrons. The molecule has 0 spiro atoms. The molecule has 0 saturated heterocycles. The molecule has 1 aliphatic heterocycles. The molecule has 0 bridgehead atoms. The Morgan fingerprint density at radius 2 is 1.78 bits per heavy atom. The maximum atomic E-state index is 12.7. The molecular weight excluding hydrogens is 340 g/mol. The van der Waals surface area contributed by atoms with Gasteiger partial charge in [-0.05, 0) is 41.7 Å². The quantitative estimate of drug-likeness (QED) is 0.790. The van der Waals surface area contributed by atoms with Crippen LogP contribution in [0.25, 0.3) is 0 Å². The van der Waals surface area contributed by atoms with Gasteiger partial charge in [0.15, 0.2) is 0 Å². The number of hydrogen-bond donors (Lipinski definition) is 0. The number of methoxy groups -OCH3 is 1. The molecule has 5 nitrogen and oxygen atoms in total. The van der Waals surface area contributed by atoms with Crippen LogP contribution in [0.1, 0.15) is 23.6 Å². The Labute approximate surface area is 160 Å². The number of carbonyl (C=O) groups is 2. The number of rotatable bonds is 6. The second-order valence-corrected chi connectivity index (χ2v) is 6.87. The van der Waals surface area contributed by atoms with Crippen LogP contribution in [0, 0.1) is 0 Å². The van der Waals surface area contributed by atoms with Crippen molar-refractivity contribution in [3.8, 4) is 5.75 Å². The summed E-state index contributed by atoms with van der Waals surface area (Å²) in [6.45, 7) is 3.51. The number of amides is 2. The molecule has 5 heteroatoms. The molecule has 1 heterocycles. The summed E-state index contributed by atoms with van der Waals surface area (Å²) in [6.07, 6.45) is 1.58. The van der Waals surface area contributed by atoms with Crippen LogP contribution in [0.5, 0.6) is 5.75 Å². The highest BCUT2D eigenvalue weighted by atomic mass is 16.5. The summed E-state index contributed by atoms with van der Waals surface area (Å²) < 4.78 is 5.16. The van der Waals surface area contributed by atoms with Gasteiger partial charge in [0.2, 0.25) is 11.8 Å². The Morgan fingerprint density at radius 3 is 2.44 bits per heavy atom. The van der Waals surface area contributed by atoms with Gasteiger partial charge in [0, 0.05) is 26.6 Å². The van der Waals surface area contributed by atoms with Crippen LogP contribution in [-0.2, 0) is 29.0 Å². The molecule has 0 atom stereocenters. The maximum Gasteiger partial charge on any atom is 0.242 e. The van der Waals surface area contributed by atoms with Crippen LogP contribution in [0.3, 0.4) is 0 Å². The van der Waals surface area contributed by atoms with Crippen LogP contribution in [0.4, 0.5) is 0 Å². The molecule has 27 heavy (non-hydrogen) atoms. The van der Waals surface area contributed by atoms with E-state index in [4.69, 9.17) is 4.74 Å². The lowest BCUT2D eigenvalue weighted by Gasteiger charge is -2.31. The molecule has 0 saturated carbocycles. The number of ether oxygens (including phenoxy) is 1. The minimum Gasteiger partial charge on any atom is -0.497 e. The number of fused-ring (bicyclic) bond motifs is 1. The van der Waals surface area contributed by atoms with Crippen molar-refractivity contribution in [2.75, 3.05) is 26.7 Å². The van der Waals surface area contributed by atoms with Crippen LogP contribution in [-0.4, -0.2) is 48.4 Å². The fourth-order valence-electron chi connectivity index (χ4n) is 3.38. The molecule has 2 aromatic rings. The summed E-state index contributed by atoms with van der Waals surface area (Å²) in [6, 6.07) is 16.0. The zero-order valence-electron chi connectivity index (χ0n) is 16.0. The van der Waals surface area contributed by atoms with E-state index in [9.17, 15) is 9.59 Å². The maximum absolute atomic E-state index is 12.7. The van der Waals surface area contributed by atoms with Gasteiger partial charge in [-0.15, -0.1) is 0 Å². The van der Waals surface area contributed by atoms with Gasteiger partial charge < -0.3 is 14.5 Å². The van der Waals surface area contributed by atoms with Crippen molar-refractivity contribution in [3.63, 3.8) is 0 Å². The Hall–Kier alpha value is -2.82. The zero-order valence-corrected chi connectivity index (χ0v) is 16.0. The van der Waals surface area contributed by atoms with E-state index in [-0.39, 0.29) is 18.4 Å². The van der Waals surface area contributed by atoms with E-state index in [0.717, 1.165) is 17.7 Å². The monoisotopic (exact) mass is 366 g/mol. The van der Waals surface area contributed by atoms with Crippen molar-refractivity contribution in [3.05, 3.63) is 65.2 Å². The molecule has 0 aliphatic carbocycles. The first kappa shape index (κ1) is 19.0. The predicted octanol–water partition coefficient (Wildman–Crippen LogP) is 2.67. The van der Waals surface area contributed by atoms with Crippen molar-refractivity contribution in [1.82, 2.24) is 9.80 Å². The highest BCUT2D eigenvalue weighted by molar-refractivity contribution is 5.84. The fraction of sp³-hybridized carbons (Fsp3) is 0.364. The Bertz CT molecular complexity index is 801. The molecule has 0 unspecified atom stereocenters. The van der Waals surface area contributed by atoms with Crippen molar-refractivity contribution in [2.24, 2.45) is 0 Å². The minimum atomic E-state index is -0.0747. The van der Waals surface area contributed by atoms with E-state index in [2.05, 4.69) is 12.1 Å². The number of benzene rings is 2. The molecule has 1 aliphatic rings. The second-order valence-electron chi connectivity index (χ2n) is 6.87. The van der Waals surface area contributed by atoms with E-state index in [1.165, 1.54) is 18.1 Å². The summed E-state index contributed by atoms with van der Waals surface area (Å²) in [5.41, 5.74) is 3.62. The smallest absolute Gasteiger partial charge is 0.242 e. The molecular formula is C22H26N2O3. The van der Waals surface area contributed by atoms with Crippen LogP contribution in [0.15, 0.2) is 48.5 Å². The van der Waals surface area contributed by atoms with E-state index < -0.39 is 0 Å². The van der Waals surface area contributed by atoms with Gasteiger partial charge in [0.1, 0.15) is 5.75 Å². The van der Waals surface area contributed by atoms with Gasteiger partial charge in [-0.1, -0.05) is 36.4 Å². The van der Waals surface area contributed by atoms with Crippen LogP contribution < -0.4 is 4.74 Å². The summed E-state index contributed by atoms with van der Waals surface area (Å²) in [4.78, 5) is 28.2. The van der Waals surface area contributed by atoms with Gasteiger partial charge in [0.25, 0.3) is 0 Å². The molecule has 2 aromatic carbocycles. The lowest BCUT2D eigenvalue weighted by Crippen LogP contribution is -2.44. The van der Waals surface area contributed by atoms with Crippen molar-refractivity contribution < 1.29 is 14.3 Å². The van der Waals surface area contributed by atoms with Gasteiger partial charge in [-0.3, -0.25) is 9.59 Å². The van der Waals surface area contributed by atoms with Gasteiger partial charge in [-0.2, -0.15) is 0 Å². The fourth-order valence-corrected chi connectivity index (χ4v) is 3.38. The van der Waals surface area contributed by atoms with E-state index in [1.54, 1.807) is 12.0 Å². The van der Waals surface area contributed by atoms with Crippen molar-refractivity contribution in [2.45, 2.75) is 26.3 Å². The highest BCUT2D eigenvalue weighted by Gasteiger charge is 2.23.